The van der Waals surface area contributed by atoms with Crippen LogP contribution >= 0.6 is 0 Å². The van der Waals surface area contributed by atoms with Crippen molar-refractivity contribution in [1.82, 2.24) is 29.4 Å². The van der Waals surface area contributed by atoms with E-state index < -0.39 is 5.97 Å². The fraction of sp³-hybridized carbons (Fsp3) is 0.308. The SMILES string of the molecule is Cc1cc(-n2nc(C)c(CC(=O)O)c2C)n2ncnc2n1. The van der Waals surface area contributed by atoms with Crippen molar-refractivity contribution in [3.63, 3.8) is 0 Å². The summed E-state index contributed by atoms with van der Waals surface area (Å²) in [5, 5.41) is 17.6. The van der Waals surface area contributed by atoms with Crippen LogP contribution in [0.1, 0.15) is 22.6 Å². The number of nitrogens with zero attached hydrogens (tertiary/aromatic N) is 6. The van der Waals surface area contributed by atoms with Crippen molar-refractivity contribution in [3.05, 3.63) is 35.0 Å². The van der Waals surface area contributed by atoms with E-state index in [0.717, 1.165) is 11.4 Å². The van der Waals surface area contributed by atoms with Crippen molar-refractivity contribution >= 4 is 11.7 Å². The minimum Gasteiger partial charge on any atom is -0.481 e. The maximum Gasteiger partial charge on any atom is 0.307 e. The quantitative estimate of drug-likeness (QED) is 0.767. The Balaban J connectivity index is 2.24. The molecule has 3 aromatic heterocycles. The zero-order valence-corrected chi connectivity index (χ0v) is 11.9. The van der Waals surface area contributed by atoms with E-state index in [2.05, 4.69) is 20.2 Å². The van der Waals surface area contributed by atoms with Crippen LogP contribution in [0.25, 0.3) is 11.6 Å². The lowest BCUT2D eigenvalue weighted by atomic mass is 10.1. The first-order valence-corrected chi connectivity index (χ1v) is 6.42. The average molecular weight is 286 g/mol. The maximum absolute atomic E-state index is 11.0. The molecule has 8 heteroatoms. The molecule has 0 unspecified atom stereocenters. The first-order chi connectivity index (χ1) is 9.97. The first kappa shape index (κ1) is 13.2. The van der Waals surface area contributed by atoms with Crippen LogP contribution in [-0.4, -0.2) is 40.4 Å². The molecule has 3 heterocycles. The van der Waals surface area contributed by atoms with Crippen LogP contribution in [0.2, 0.25) is 0 Å². The van der Waals surface area contributed by atoms with Gasteiger partial charge < -0.3 is 5.11 Å². The fourth-order valence-electron chi connectivity index (χ4n) is 2.37. The molecule has 0 aliphatic heterocycles. The van der Waals surface area contributed by atoms with Gasteiger partial charge in [0.05, 0.1) is 12.1 Å². The molecule has 108 valence electrons. The second-order valence-corrected chi connectivity index (χ2v) is 4.86. The van der Waals surface area contributed by atoms with E-state index in [1.165, 1.54) is 6.33 Å². The summed E-state index contributed by atoms with van der Waals surface area (Å²) in [4.78, 5) is 19.3. The minimum absolute atomic E-state index is 0.0533. The highest BCUT2D eigenvalue weighted by Gasteiger charge is 2.18. The summed E-state index contributed by atoms with van der Waals surface area (Å²) in [6.07, 6.45) is 1.37. The predicted octanol–water partition coefficient (Wildman–Crippen LogP) is 0.862. The summed E-state index contributed by atoms with van der Waals surface area (Å²) in [7, 11) is 0. The summed E-state index contributed by atoms with van der Waals surface area (Å²) in [6, 6.07) is 1.84. The van der Waals surface area contributed by atoms with Gasteiger partial charge in [0.25, 0.3) is 5.78 Å². The van der Waals surface area contributed by atoms with Gasteiger partial charge in [-0.3, -0.25) is 4.79 Å². The van der Waals surface area contributed by atoms with Crippen molar-refractivity contribution in [2.75, 3.05) is 0 Å². The lowest BCUT2D eigenvalue weighted by Crippen LogP contribution is -2.09. The lowest BCUT2D eigenvalue weighted by molar-refractivity contribution is -0.136. The zero-order chi connectivity index (χ0) is 15.1. The molecular weight excluding hydrogens is 272 g/mol. The Bertz CT molecular complexity index is 848. The number of carboxylic acids is 1. The number of hydrogen-bond acceptors (Lipinski definition) is 5. The Morgan fingerprint density at radius 1 is 1.33 bits per heavy atom. The van der Waals surface area contributed by atoms with E-state index in [4.69, 9.17) is 5.11 Å². The molecule has 0 amide bonds. The van der Waals surface area contributed by atoms with Gasteiger partial charge in [-0.15, -0.1) is 0 Å². The van der Waals surface area contributed by atoms with Gasteiger partial charge in [-0.1, -0.05) is 0 Å². The van der Waals surface area contributed by atoms with Crippen molar-refractivity contribution in [1.29, 1.82) is 0 Å². The highest BCUT2D eigenvalue weighted by molar-refractivity contribution is 5.71. The maximum atomic E-state index is 11.0. The number of aryl methyl sites for hydroxylation is 2. The number of carbonyl (C=O) groups is 1. The second-order valence-electron chi connectivity index (χ2n) is 4.86. The summed E-state index contributed by atoms with van der Waals surface area (Å²) < 4.78 is 3.26. The third-order valence-electron chi connectivity index (χ3n) is 3.35. The van der Waals surface area contributed by atoms with Crippen LogP contribution in [0.4, 0.5) is 0 Å². The van der Waals surface area contributed by atoms with Gasteiger partial charge in [-0.05, 0) is 20.8 Å². The van der Waals surface area contributed by atoms with E-state index in [0.29, 0.717) is 22.9 Å². The van der Waals surface area contributed by atoms with E-state index in [9.17, 15) is 4.79 Å². The van der Waals surface area contributed by atoms with Crippen molar-refractivity contribution in [2.45, 2.75) is 27.2 Å². The molecule has 0 bridgehead atoms. The molecule has 0 spiro atoms. The lowest BCUT2D eigenvalue weighted by Gasteiger charge is -2.07. The summed E-state index contributed by atoms with van der Waals surface area (Å²) in [6.45, 7) is 5.51. The summed E-state index contributed by atoms with van der Waals surface area (Å²) in [5.74, 6) is 0.294. The molecule has 0 aliphatic carbocycles. The standard InChI is InChI=1S/C13H14N6O2/c1-7-4-11(19-13(16-7)14-6-15-19)18-9(3)10(5-12(20)21)8(2)17-18/h4,6H,5H2,1-3H3,(H,20,21). The Morgan fingerprint density at radius 3 is 2.81 bits per heavy atom. The van der Waals surface area contributed by atoms with Gasteiger partial charge in [-0.25, -0.2) is 9.67 Å². The Morgan fingerprint density at radius 2 is 2.10 bits per heavy atom. The molecule has 1 N–H and O–H groups in total. The van der Waals surface area contributed by atoms with Gasteiger partial charge >= 0.3 is 5.97 Å². The molecule has 3 aromatic rings. The summed E-state index contributed by atoms with van der Waals surface area (Å²) in [5.41, 5.74) is 2.97. The monoisotopic (exact) mass is 286 g/mol. The normalized spacial score (nSPS) is 11.2. The van der Waals surface area contributed by atoms with Crippen LogP contribution in [0.3, 0.4) is 0 Å². The molecule has 21 heavy (non-hydrogen) atoms. The average Bonchev–Trinajstić information content (AvgIpc) is 2.97. The number of rotatable bonds is 3. The number of carboxylic acid groups (broad SMARTS) is 1. The number of aromatic nitrogens is 6. The van der Waals surface area contributed by atoms with Crippen LogP contribution in [0.5, 0.6) is 0 Å². The third-order valence-corrected chi connectivity index (χ3v) is 3.35. The van der Waals surface area contributed by atoms with Gasteiger partial charge in [0.2, 0.25) is 0 Å². The number of fused-ring (bicyclic) bond motifs is 1. The van der Waals surface area contributed by atoms with Crippen molar-refractivity contribution < 1.29 is 9.90 Å². The van der Waals surface area contributed by atoms with Gasteiger partial charge in [0, 0.05) is 23.0 Å². The molecule has 0 fully saturated rings. The molecule has 0 aromatic carbocycles. The van der Waals surface area contributed by atoms with Crippen molar-refractivity contribution in [3.8, 4) is 5.82 Å². The molecule has 0 aliphatic rings. The highest BCUT2D eigenvalue weighted by Crippen LogP contribution is 2.19. The number of hydrogen-bond donors (Lipinski definition) is 1. The van der Waals surface area contributed by atoms with Gasteiger partial charge in [0.1, 0.15) is 6.33 Å². The van der Waals surface area contributed by atoms with Crippen LogP contribution in [0.15, 0.2) is 12.4 Å². The van der Waals surface area contributed by atoms with Crippen molar-refractivity contribution in [2.24, 2.45) is 0 Å². The first-order valence-electron chi connectivity index (χ1n) is 6.42. The van der Waals surface area contributed by atoms with Crippen LogP contribution in [-0.2, 0) is 11.2 Å². The fourth-order valence-corrected chi connectivity index (χ4v) is 2.37. The van der Waals surface area contributed by atoms with E-state index in [1.54, 1.807) is 16.1 Å². The summed E-state index contributed by atoms with van der Waals surface area (Å²) >= 11 is 0. The Labute approximate surface area is 120 Å². The number of aliphatic carboxylic acids is 1. The van der Waals surface area contributed by atoms with Crippen LogP contribution in [0, 0.1) is 20.8 Å². The van der Waals surface area contributed by atoms with Crippen LogP contribution < -0.4 is 0 Å². The van der Waals surface area contributed by atoms with E-state index >= 15 is 0 Å². The second kappa shape index (κ2) is 4.65. The minimum atomic E-state index is -0.877. The third kappa shape index (κ3) is 2.14. The predicted molar refractivity (Wildman–Crippen MR) is 73.5 cm³/mol. The topological polar surface area (TPSA) is 98.2 Å². The van der Waals surface area contributed by atoms with Gasteiger partial charge in [0.15, 0.2) is 5.82 Å². The van der Waals surface area contributed by atoms with E-state index in [-0.39, 0.29) is 6.42 Å². The molecule has 0 radical (unpaired) electrons. The molecule has 3 rings (SSSR count). The highest BCUT2D eigenvalue weighted by atomic mass is 16.4. The Hall–Kier alpha value is -2.77. The molecule has 0 saturated carbocycles. The molecular formula is C13H14N6O2. The molecule has 0 atom stereocenters. The largest absolute Gasteiger partial charge is 0.481 e. The Kier molecular flexibility index (Phi) is 2.93. The molecule has 0 saturated heterocycles. The zero-order valence-electron chi connectivity index (χ0n) is 11.9. The van der Waals surface area contributed by atoms with E-state index in [1.807, 2.05) is 19.9 Å². The smallest absolute Gasteiger partial charge is 0.307 e. The van der Waals surface area contributed by atoms with Gasteiger partial charge in [-0.2, -0.15) is 19.7 Å². The molecule has 8 nitrogen and oxygen atoms in total.